The minimum absolute atomic E-state index is 0.0398. The molecule has 3 heterocycles. The number of halogens is 1. The number of nitrogens with two attached hydrogens (primary N) is 1. The molecule has 1 saturated heterocycles. The number of nitrogens with zero attached hydrogens (tertiary/aromatic N) is 4. The van der Waals surface area contributed by atoms with Crippen molar-refractivity contribution < 1.29 is 23.8 Å². The number of aromatic nitrogens is 4. The maximum absolute atomic E-state index is 11.8. The molecule has 0 bridgehead atoms. The number of fused-ring (bicyclic) bond motifs is 1. The van der Waals surface area contributed by atoms with Gasteiger partial charge in [0.25, 0.3) is 0 Å². The normalized spacial score (nSPS) is 27.3. The molecule has 1 unspecified atom stereocenters. The lowest BCUT2D eigenvalue weighted by Gasteiger charge is -2.18. The van der Waals surface area contributed by atoms with Gasteiger partial charge in [0.1, 0.15) is 28.3 Å². The highest BCUT2D eigenvalue weighted by Gasteiger charge is 2.40. The van der Waals surface area contributed by atoms with E-state index < -0.39 is 26.0 Å². The van der Waals surface area contributed by atoms with E-state index >= 15 is 0 Å². The van der Waals surface area contributed by atoms with E-state index in [0.717, 1.165) is 0 Å². The molecule has 1 fully saturated rings. The molecule has 2 aromatic rings. The molecule has 0 spiro atoms. The number of alkyl halides is 1. The van der Waals surface area contributed by atoms with Crippen molar-refractivity contribution in [3.8, 4) is 0 Å². The number of hydrogen-bond donors (Lipinski definition) is 3. The second-order valence-corrected chi connectivity index (χ2v) is 8.80. The number of anilines is 1. The molecule has 2 aromatic heterocycles. The van der Waals surface area contributed by atoms with E-state index in [9.17, 15) is 14.6 Å². The zero-order chi connectivity index (χ0) is 16.6. The summed E-state index contributed by atoms with van der Waals surface area (Å²) in [5.41, 5.74) is 6.68. The second-order valence-electron chi connectivity index (χ2n) is 5.03. The van der Waals surface area contributed by atoms with Gasteiger partial charge in [0.2, 0.25) is 0 Å². The first-order chi connectivity index (χ1) is 10.9. The molecular formula is C11H15IN5O5P. The van der Waals surface area contributed by atoms with Crippen LogP contribution in [0.15, 0.2) is 12.7 Å². The van der Waals surface area contributed by atoms with Gasteiger partial charge < -0.3 is 25.0 Å². The highest BCUT2D eigenvalue weighted by atomic mass is 127. The van der Waals surface area contributed by atoms with E-state index in [0.29, 0.717) is 11.2 Å². The molecule has 1 aliphatic rings. The van der Waals surface area contributed by atoms with Gasteiger partial charge in [-0.1, -0.05) is 22.6 Å². The first kappa shape index (κ1) is 17.0. The highest BCUT2D eigenvalue weighted by molar-refractivity contribution is 14.1. The Balaban J connectivity index is 1.86. The van der Waals surface area contributed by atoms with Gasteiger partial charge in [-0.3, -0.25) is 9.13 Å². The average molecular weight is 455 g/mol. The molecule has 0 saturated carbocycles. The van der Waals surface area contributed by atoms with E-state index in [2.05, 4.69) is 15.0 Å². The first-order valence-electron chi connectivity index (χ1n) is 6.70. The van der Waals surface area contributed by atoms with Gasteiger partial charge in [0.05, 0.1) is 19.0 Å². The third-order valence-electron chi connectivity index (χ3n) is 3.51. The van der Waals surface area contributed by atoms with Crippen LogP contribution in [0.25, 0.3) is 11.2 Å². The van der Waals surface area contributed by atoms with Crippen molar-refractivity contribution in [3.63, 3.8) is 0 Å². The van der Waals surface area contributed by atoms with Crippen molar-refractivity contribution in [1.29, 1.82) is 0 Å². The minimum Gasteiger partial charge on any atom is -0.394 e. The predicted molar refractivity (Wildman–Crippen MR) is 88.9 cm³/mol. The van der Waals surface area contributed by atoms with Crippen molar-refractivity contribution in [1.82, 2.24) is 19.5 Å². The summed E-state index contributed by atoms with van der Waals surface area (Å²) in [6, 6.07) is 0. The number of ether oxygens (including phenoxy) is 1. The van der Waals surface area contributed by atoms with E-state index in [4.69, 9.17) is 15.0 Å². The average Bonchev–Trinajstić information content (AvgIpc) is 3.11. The fraction of sp³-hybridized carbons (Fsp3) is 0.545. The van der Waals surface area contributed by atoms with E-state index in [-0.39, 0.29) is 23.0 Å². The van der Waals surface area contributed by atoms with Crippen LogP contribution in [0.3, 0.4) is 0 Å². The molecule has 0 amide bonds. The molecular weight excluding hydrogens is 440 g/mol. The van der Waals surface area contributed by atoms with Crippen molar-refractivity contribution in [2.45, 2.75) is 24.9 Å². The molecule has 0 radical (unpaired) electrons. The Kier molecular flexibility index (Phi) is 4.85. The summed E-state index contributed by atoms with van der Waals surface area (Å²) in [6.45, 7) is -0.327. The Bertz CT molecular complexity index is 757. The second kappa shape index (κ2) is 6.57. The Morgan fingerprint density at radius 3 is 3.00 bits per heavy atom. The zero-order valence-corrected chi connectivity index (χ0v) is 14.9. The Hall–Kier alpha value is -0.850. The number of imidazole rings is 1. The summed E-state index contributed by atoms with van der Waals surface area (Å²) in [5.74, 6) is 0.253. The van der Waals surface area contributed by atoms with Gasteiger partial charge in [-0.15, -0.1) is 0 Å². The van der Waals surface area contributed by atoms with Crippen LogP contribution in [0.4, 0.5) is 5.82 Å². The van der Waals surface area contributed by atoms with Crippen LogP contribution in [-0.4, -0.2) is 52.5 Å². The lowest BCUT2D eigenvalue weighted by molar-refractivity contribution is -0.0402. The van der Waals surface area contributed by atoms with Crippen molar-refractivity contribution in [3.05, 3.63) is 12.7 Å². The molecule has 10 nitrogen and oxygen atoms in total. The van der Waals surface area contributed by atoms with E-state index in [1.165, 1.54) is 12.7 Å². The van der Waals surface area contributed by atoms with Crippen LogP contribution in [0, 0.1) is 0 Å². The van der Waals surface area contributed by atoms with Gasteiger partial charge >= 0.3 is 7.60 Å². The molecule has 23 heavy (non-hydrogen) atoms. The summed E-state index contributed by atoms with van der Waals surface area (Å²) in [5, 5.41) is 9.43. The van der Waals surface area contributed by atoms with Crippen LogP contribution in [-0.2, 0) is 13.8 Å². The van der Waals surface area contributed by atoms with Crippen molar-refractivity contribution in [2.75, 3.05) is 16.5 Å². The lowest BCUT2D eigenvalue weighted by Crippen LogP contribution is -2.27. The van der Waals surface area contributed by atoms with Gasteiger partial charge in [0.15, 0.2) is 11.5 Å². The molecule has 3 rings (SSSR count). The largest absolute Gasteiger partial charge is 0.394 e. The third kappa shape index (κ3) is 3.35. The van der Waals surface area contributed by atoms with Crippen LogP contribution < -0.4 is 5.73 Å². The number of aliphatic hydroxyl groups excluding tert-OH is 1. The summed E-state index contributed by atoms with van der Waals surface area (Å²) >= 11 is 1.78. The molecule has 4 N–H and O–H groups in total. The summed E-state index contributed by atoms with van der Waals surface area (Å²) in [4.78, 5) is 21.8. The fourth-order valence-corrected chi connectivity index (χ4v) is 3.65. The van der Waals surface area contributed by atoms with Crippen molar-refractivity contribution in [2.24, 2.45) is 0 Å². The topological polar surface area (TPSA) is 146 Å². The SMILES string of the molecule is Nc1ncnc2c1ncn2[C@H]1C[C@H](OP(=O)(O)CI)[C@@H](CO)O1. The molecule has 1 aliphatic heterocycles. The lowest BCUT2D eigenvalue weighted by atomic mass is 10.2. The van der Waals surface area contributed by atoms with E-state index in [1.54, 1.807) is 27.2 Å². The Labute approximate surface area is 144 Å². The number of hydrogen-bond acceptors (Lipinski definition) is 8. The predicted octanol–water partition coefficient (Wildman–Crippen LogP) is 0.651. The van der Waals surface area contributed by atoms with Crippen LogP contribution >= 0.6 is 30.2 Å². The van der Waals surface area contributed by atoms with Gasteiger partial charge in [-0.05, 0) is 0 Å². The summed E-state index contributed by atoms with van der Waals surface area (Å²) in [7, 11) is -3.71. The van der Waals surface area contributed by atoms with Crippen molar-refractivity contribution >= 4 is 47.2 Å². The standard InChI is InChI=1S/C11H15IN5O5P/c12-3-23(19,20)22-6-1-8(21-7(6)2-18)17-5-16-9-10(13)14-4-15-11(9)17/h4-8,18H,1-3H2,(H,19,20)(H2,13,14,15)/t6-,7+,8+/m0/s1. The first-order valence-corrected chi connectivity index (χ1v) is 9.99. The molecule has 4 atom stereocenters. The van der Waals surface area contributed by atoms with Gasteiger partial charge in [0, 0.05) is 6.42 Å². The highest BCUT2D eigenvalue weighted by Crippen LogP contribution is 2.48. The maximum atomic E-state index is 11.8. The van der Waals surface area contributed by atoms with Crippen LogP contribution in [0.5, 0.6) is 0 Å². The number of aliphatic hydroxyl groups is 1. The minimum atomic E-state index is -3.71. The van der Waals surface area contributed by atoms with Crippen LogP contribution in [0.2, 0.25) is 0 Å². The molecule has 12 heteroatoms. The Morgan fingerprint density at radius 2 is 2.30 bits per heavy atom. The van der Waals surface area contributed by atoms with Gasteiger partial charge in [-0.2, -0.15) is 0 Å². The maximum Gasteiger partial charge on any atom is 0.338 e. The van der Waals surface area contributed by atoms with Crippen LogP contribution in [0.1, 0.15) is 12.6 Å². The van der Waals surface area contributed by atoms with E-state index in [1.807, 2.05) is 0 Å². The smallest absolute Gasteiger partial charge is 0.338 e. The molecule has 0 aliphatic carbocycles. The monoisotopic (exact) mass is 455 g/mol. The number of nitrogen functional groups attached to an aromatic ring is 1. The Morgan fingerprint density at radius 1 is 1.52 bits per heavy atom. The molecule has 126 valence electrons. The third-order valence-corrected chi connectivity index (χ3v) is 7.00. The summed E-state index contributed by atoms with van der Waals surface area (Å²) < 4.78 is 24.3. The van der Waals surface area contributed by atoms with Gasteiger partial charge in [-0.25, -0.2) is 15.0 Å². The number of rotatable bonds is 5. The summed E-state index contributed by atoms with van der Waals surface area (Å²) in [6.07, 6.45) is 1.16. The zero-order valence-electron chi connectivity index (χ0n) is 11.8. The fourth-order valence-electron chi connectivity index (χ4n) is 2.47. The molecule has 0 aromatic carbocycles. The quantitative estimate of drug-likeness (QED) is 0.336.